The third-order valence-corrected chi connectivity index (χ3v) is 3.74. The number of rotatable bonds is 8. The first-order valence-corrected chi connectivity index (χ1v) is 7.77. The Morgan fingerprint density at radius 1 is 1.40 bits per heavy atom. The van der Waals surface area contributed by atoms with Crippen LogP contribution in [-0.2, 0) is 11.3 Å². The van der Waals surface area contributed by atoms with E-state index < -0.39 is 5.82 Å². The van der Waals surface area contributed by atoms with Gasteiger partial charge in [0.15, 0.2) is 11.6 Å². The second kappa shape index (κ2) is 8.73. The molecule has 0 atom stereocenters. The minimum Gasteiger partial charge on any atom is -0.494 e. The molecule has 132 valence electrons. The van der Waals surface area contributed by atoms with Crippen LogP contribution in [0.1, 0.15) is 12.2 Å². The van der Waals surface area contributed by atoms with Crippen molar-refractivity contribution in [2.24, 2.45) is 0 Å². The average Bonchev–Trinajstić information content (AvgIpc) is 3.12. The van der Waals surface area contributed by atoms with E-state index in [1.54, 1.807) is 36.4 Å². The molecule has 2 aromatic rings. The van der Waals surface area contributed by atoms with Gasteiger partial charge in [0.05, 0.1) is 39.0 Å². The fourth-order valence-electron chi connectivity index (χ4n) is 2.31. The molecule has 0 bridgehead atoms. The van der Waals surface area contributed by atoms with Crippen LogP contribution in [0.15, 0.2) is 41.0 Å². The lowest BCUT2D eigenvalue weighted by Gasteiger charge is -2.26. The number of likely N-dealkylation sites (N-methyl/N-ethyl adjacent to an activating group) is 1. The second-order valence-electron chi connectivity index (χ2n) is 5.48. The molecule has 0 aliphatic heterocycles. The fraction of sp³-hybridized carbons (Fsp3) is 0.333. The number of halogens is 1. The van der Waals surface area contributed by atoms with Crippen molar-refractivity contribution < 1.29 is 18.3 Å². The van der Waals surface area contributed by atoms with E-state index in [0.717, 1.165) is 0 Å². The van der Waals surface area contributed by atoms with E-state index >= 15 is 0 Å². The fourth-order valence-corrected chi connectivity index (χ4v) is 2.31. The summed E-state index contributed by atoms with van der Waals surface area (Å²) in [7, 11) is 3.03. The number of carbonyl (C=O) groups is 1. The summed E-state index contributed by atoms with van der Waals surface area (Å²) in [5, 5.41) is 8.64. The molecule has 0 aliphatic rings. The molecular weight excluding hydrogens is 325 g/mol. The van der Waals surface area contributed by atoms with Gasteiger partial charge in [-0.3, -0.25) is 4.79 Å². The van der Waals surface area contributed by atoms with Gasteiger partial charge in [0.25, 0.3) is 0 Å². The highest BCUT2D eigenvalue weighted by molar-refractivity contribution is 5.81. The van der Waals surface area contributed by atoms with Gasteiger partial charge in [-0.2, -0.15) is 5.26 Å². The number of nitrogens with zero attached hydrogens (tertiary/aromatic N) is 3. The van der Waals surface area contributed by atoms with Crippen LogP contribution in [0.3, 0.4) is 0 Å². The summed E-state index contributed by atoms with van der Waals surface area (Å²) < 4.78 is 24.3. The third kappa shape index (κ3) is 4.98. The average molecular weight is 345 g/mol. The predicted molar refractivity (Wildman–Crippen MR) is 90.6 cm³/mol. The molecule has 1 amide bonds. The van der Waals surface area contributed by atoms with Crippen LogP contribution in [0.25, 0.3) is 0 Å². The van der Waals surface area contributed by atoms with Crippen LogP contribution in [0.4, 0.5) is 10.1 Å². The van der Waals surface area contributed by atoms with Gasteiger partial charge in [0, 0.05) is 25.3 Å². The maximum atomic E-state index is 14.0. The lowest BCUT2D eigenvalue weighted by atomic mass is 10.2. The smallest absolute Gasteiger partial charge is 0.241 e. The van der Waals surface area contributed by atoms with Crippen molar-refractivity contribution in [3.63, 3.8) is 0 Å². The second-order valence-corrected chi connectivity index (χ2v) is 5.48. The highest BCUT2D eigenvalue weighted by Crippen LogP contribution is 2.25. The van der Waals surface area contributed by atoms with Gasteiger partial charge in [-0.1, -0.05) is 0 Å². The molecule has 0 radical (unpaired) electrons. The molecule has 0 unspecified atom stereocenters. The zero-order valence-electron chi connectivity index (χ0n) is 14.2. The van der Waals surface area contributed by atoms with E-state index in [1.165, 1.54) is 24.1 Å². The Morgan fingerprint density at radius 2 is 2.20 bits per heavy atom. The Morgan fingerprint density at radius 3 is 2.80 bits per heavy atom. The first-order valence-electron chi connectivity index (χ1n) is 7.77. The van der Waals surface area contributed by atoms with Crippen LogP contribution in [0, 0.1) is 17.1 Å². The summed E-state index contributed by atoms with van der Waals surface area (Å²) in [5.41, 5.74) is 0.539. The summed E-state index contributed by atoms with van der Waals surface area (Å²) in [6.07, 6.45) is 1.81. The highest BCUT2D eigenvalue weighted by atomic mass is 19.1. The van der Waals surface area contributed by atoms with E-state index in [1.807, 2.05) is 6.07 Å². The number of ether oxygens (including phenoxy) is 1. The van der Waals surface area contributed by atoms with Crippen molar-refractivity contribution in [1.29, 1.82) is 5.26 Å². The Kier molecular flexibility index (Phi) is 6.40. The lowest BCUT2D eigenvalue weighted by molar-refractivity contribution is -0.128. The quantitative estimate of drug-likeness (QED) is 0.736. The standard InChI is InChI=1S/C18H20FN3O3/c1-21(9-4-8-20)18(23)13-22(12-15-5-3-10-25-15)14-6-7-17(24-2)16(19)11-14/h3,5-7,10-11H,4,9,12-13H2,1-2H3. The number of hydrogen-bond donors (Lipinski definition) is 0. The van der Waals surface area contributed by atoms with Crippen molar-refractivity contribution in [1.82, 2.24) is 4.90 Å². The summed E-state index contributed by atoms with van der Waals surface area (Å²) in [6, 6.07) is 10.1. The van der Waals surface area contributed by atoms with Crippen LogP contribution in [-0.4, -0.2) is 38.1 Å². The number of hydrogen-bond acceptors (Lipinski definition) is 5. The number of methoxy groups -OCH3 is 1. The van der Waals surface area contributed by atoms with Crippen molar-refractivity contribution in [3.05, 3.63) is 48.2 Å². The van der Waals surface area contributed by atoms with Crippen LogP contribution in [0.2, 0.25) is 0 Å². The number of anilines is 1. The highest BCUT2D eigenvalue weighted by Gasteiger charge is 2.18. The van der Waals surface area contributed by atoms with Gasteiger partial charge in [0.1, 0.15) is 5.76 Å². The van der Waals surface area contributed by atoms with E-state index in [-0.39, 0.29) is 24.6 Å². The Bertz CT molecular complexity index is 741. The SMILES string of the molecule is COc1ccc(N(CC(=O)N(C)CCC#N)Cc2ccco2)cc1F. The molecule has 0 saturated carbocycles. The maximum Gasteiger partial charge on any atom is 0.241 e. The lowest BCUT2D eigenvalue weighted by Crippen LogP contribution is -2.38. The Balaban J connectivity index is 2.19. The maximum absolute atomic E-state index is 14.0. The molecule has 0 N–H and O–H groups in total. The Hall–Kier alpha value is -3.01. The molecule has 1 heterocycles. The molecule has 2 rings (SSSR count). The van der Waals surface area contributed by atoms with E-state index in [9.17, 15) is 9.18 Å². The molecule has 0 fully saturated rings. The van der Waals surface area contributed by atoms with Crippen molar-refractivity contribution in [2.45, 2.75) is 13.0 Å². The van der Waals surface area contributed by atoms with Gasteiger partial charge < -0.3 is 19.0 Å². The summed E-state index contributed by atoms with van der Waals surface area (Å²) >= 11 is 0. The summed E-state index contributed by atoms with van der Waals surface area (Å²) in [5.74, 6) is 0.121. The molecule has 0 spiro atoms. The van der Waals surface area contributed by atoms with Gasteiger partial charge >= 0.3 is 0 Å². The monoisotopic (exact) mass is 345 g/mol. The van der Waals surface area contributed by atoms with Crippen molar-refractivity contribution in [2.75, 3.05) is 32.1 Å². The van der Waals surface area contributed by atoms with E-state index in [2.05, 4.69) is 0 Å². The summed E-state index contributed by atoms with van der Waals surface area (Å²) in [4.78, 5) is 15.6. The van der Waals surface area contributed by atoms with Crippen molar-refractivity contribution >= 4 is 11.6 Å². The molecule has 1 aromatic heterocycles. The topological polar surface area (TPSA) is 69.7 Å². The zero-order chi connectivity index (χ0) is 18.2. The minimum absolute atomic E-state index is 0.0361. The molecule has 6 nitrogen and oxygen atoms in total. The number of carbonyl (C=O) groups excluding carboxylic acids is 1. The third-order valence-electron chi connectivity index (χ3n) is 3.74. The number of nitriles is 1. The van der Waals surface area contributed by atoms with Crippen LogP contribution in [0.5, 0.6) is 5.75 Å². The Labute approximate surface area is 146 Å². The summed E-state index contributed by atoms with van der Waals surface area (Å²) in [6.45, 7) is 0.700. The molecule has 25 heavy (non-hydrogen) atoms. The zero-order valence-corrected chi connectivity index (χ0v) is 14.2. The van der Waals surface area contributed by atoms with E-state index in [4.69, 9.17) is 14.4 Å². The molecular formula is C18H20FN3O3. The van der Waals surface area contributed by atoms with Gasteiger partial charge in [0.2, 0.25) is 5.91 Å². The van der Waals surface area contributed by atoms with Crippen molar-refractivity contribution in [3.8, 4) is 11.8 Å². The first kappa shape index (κ1) is 18.3. The largest absolute Gasteiger partial charge is 0.494 e. The van der Waals surface area contributed by atoms with Crippen LogP contribution < -0.4 is 9.64 Å². The molecule has 0 aliphatic carbocycles. The number of benzene rings is 1. The van der Waals surface area contributed by atoms with Gasteiger partial charge in [-0.05, 0) is 24.3 Å². The molecule has 0 saturated heterocycles. The normalized spacial score (nSPS) is 10.2. The molecule has 7 heteroatoms. The predicted octanol–water partition coefficient (Wildman–Crippen LogP) is 2.81. The van der Waals surface area contributed by atoms with Gasteiger partial charge in [-0.15, -0.1) is 0 Å². The first-order chi connectivity index (χ1) is 12.0. The molecule has 1 aromatic carbocycles. The van der Waals surface area contributed by atoms with Crippen LogP contribution >= 0.6 is 0 Å². The van der Waals surface area contributed by atoms with Gasteiger partial charge in [-0.25, -0.2) is 4.39 Å². The number of furan rings is 1. The minimum atomic E-state index is -0.505. The number of amides is 1. The van der Waals surface area contributed by atoms with E-state index in [0.29, 0.717) is 24.5 Å².